The van der Waals surface area contributed by atoms with Crippen molar-refractivity contribution in [1.29, 1.82) is 0 Å². The van der Waals surface area contributed by atoms with Crippen molar-refractivity contribution in [2.45, 2.75) is 64.3 Å². The van der Waals surface area contributed by atoms with E-state index in [1.807, 2.05) is 0 Å². The van der Waals surface area contributed by atoms with Crippen LogP contribution in [0.4, 0.5) is 5.82 Å². The van der Waals surface area contributed by atoms with Crippen molar-refractivity contribution >= 4 is 5.82 Å². The highest BCUT2D eigenvalue weighted by Gasteiger charge is 2.34. The van der Waals surface area contributed by atoms with Crippen molar-refractivity contribution in [3.8, 4) is 0 Å². The van der Waals surface area contributed by atoms with E-state index < -0.39 is 0 Å². The van der Waals surface area contributed by atoms with Crippen LogP contribution in [0.15, 0.2) is 12.1 Å². The van der Waals surface area contributed by atoms with Crippen molar-refractivity contribution < 1.29 is 4.74 Å². The molecule has 1 saturated carbocycles. The molecular weight excluding hydrogens is 264 g/mol. The largest absolute Gasteiger partial charge is 0.374 e. The second-order valence-corrected chi connectivity index (χ2v) is 6.37. The van der Waals surface area contributed by atoms with Gasteiger partial charge in [0.15, 0.2) is 5.82 Å². The van der Waals surface area contributed by atoms with E-state index in [0.29, 0.717) is 18.2 Å². The number of ether oxygens (including phenoxy) is 1. The predicted molar refractivity (Wildman–Crippen MR) is 83.3 cm³/mol. The molecule has 21 heavy (non-hydrogen) atoms. The van der Waals surface area contributed by atoms with E-state index in [1.165, 1.54) is 25.7 Å². The molecule has 1 N–H and O–H groups in total. The monoisotopic (exact) mass is 290 g/mol. The van der Waals surface area contributed by atoms with Gasteiger partial charge in [-0.05, 0) is 25.0 Å². The maximum absolute atomic E-state index is 5.92. The summed E-state index contributed by atoms with van der Waals surface area (Å²) in [6.07, 6.45) is 5.37. The predicted octanol–water partition coefficient (Wildman–Crippen LogP) is 2.12. The molecule has 2 aliphatic rings. The average molecular weight is 290 g/mol. The first-order valence-corrected chi connectivity index (χ1v) is 8.18. The third kappa shape index (κ3) is 3.52. The quantitative estimate of drug-likeness (QED) is 0.920. The van der Waals surface area contributed by atoms with E-state index in [2.05, 4.69) is 46.4 Å². The topological polar surface area (TPSA) is 50.3 Å². The smallest absolute Gasteiger partial charge is 0.151 e. The van der Waals surface area contributed by atoms with Crippen molar-refractivity contribution in [3.63, 3.8) is 0 Å². The second kappa shape index (κ2) is 6.71. The fourth-order valence-electron chi connectivity index (χ4n) is 3.29. The number of aromatic nitrogens is 2. The molecule has 1 aromatic heterocycles. The Kier molecular flexibility index (Phi) is 4.70. The first kappa shape index (κ1) is 14.7. The Hall–Kier alpha value is -1.20. The fraction of sp³-hybridized carbons (Fsp3) is 0.750. The molecule has 1 aromatic rings. The van der Waals surface area contributed by atoms with Gasteiger partial charge in [-0.25, -0.2) is 0 Å². The van der Waals surface area contributed by atoms with Crippen LogP contribution in [-0.4, -0.2) is 41.5 Å². The zero-order chi connectivity index (χ0) is 14.7. The van der Waals surface area contributed by atoms with Gasteiger partial charge in [-0.1, -0.05) is 26.7 Å². The summed E-state index contributed by atoms with van der Waals surface area (Å²) < 4.78 is 5.92. The Labute approximate surface area is 127 Å². The van der Waals surface area contributed by atoms with Crippen molar-refractivity contribution in [3.05, 3.63) is 17.8 Å². The highest BCUT2D eigenvalue weighted by Crippen LogP contribution is 2.30. The highest BCUT2D eigenvalue weighted by molar-refractivity contribution is 5.40. The lowest BCUT2D eigenvalue weighted by Gasteiger charge is -2.44. The van der Waals surface area contributed by atoms with Gasteiger partial charge in [0.1, 0.15) is 0 Å². The van der Waals surface area contributed by atoms with Gasteiger partial charge in [-0.15, -0.1) is 5.10 Å². The van der Waals surface area contributed by atoms with Crippen molar-refractivity contribution in [2.24, 2.45) is 0 Å². The summed E-state index contributed by atoms with van der Waals surface area (Å²) >= 11 is 0. The van der Waals surface area contributed by atoms with Gasteiger partial charge in [0.25, 0.3) is 0 Å². The normalized spacial score (nSPS) is 26.0. The maximum Gasteiger partial charge on any atom is 0.151 e. The summed E-state index contributed by atoms with van der Waals surface area (Å²) in [7, 11) is 0. The van der Waals surface area contributed by atoms with Crippen molar-refractivity contribution in [2.75, 3.05) is 18.1 Å². The van der Waals surface area contributed by atoms with Gasteiger partial charge >= 0.3 is 0 Å². The Bertz CT molecular complexity index is 446. The van der Waals surface area contributed by atoms with Crippen LogP contribution >= 0.6 is 0 Å². The molecule has 2 fully saturated rings. The van der Waals surface area contributed by atoms with Gasteiger partial charge in [0.05, 0.1) is 24.4 Å². The molecule has 0 amide bonds. The van der Waals surface area contributed by atoms with Crippen LogP contribution in [-0.2, 0) is 11.3 Å². The highest BCUT2D eigenvalue weighted by atomic mass is 16.5. The zero-order valence-electron chi connectivity index (χ0n) is 13.1. The first-order valence-electron chi connectivity index (χ1n) is 8.18. The van der Waals surface area contributed by atoms with Crippen LogP contribution in [0.25, 0.3) is 0 Å². The molecule has 0 spiro atoms. The second-order valence-electron chi connectivity index (χ2n) is 6.37. The summed E-state index contributed by atoms with van der Waals surface area (Å²) in [5.74, 6) is 1.00. The number of hydrogen-bond donors (Lipinski definition) is 1. The van der Waals surface area contributed by atoms with Gasteiger partial charge in [-0.2, -0.15) is 5.10 Å². The molecule has 0 bridgehead atoms. The average Bonchev–Trinajstić information content (AvgIpc) is 2.53. The van der Waals surface area contributed by atoms with Gasteiger partial charge in [-0.3, -0.25) is 0 Å². The SMILES string of the molecule is CC(C)NCc1ccc(N2CCOC3CCCCC32)nn1. The Morgan fingerprint density at radius 2 is 2.14 bits per heavy atom. The summed E-state index contributed by atoms with van der Waals surface area (Å²) in [6, 6.07) is 5.15. The molecule has 1 aliphatic carbocycles. The maximum atomic E-state index is 5.92. The lowest BCUT2D eigenvalue weighted by Crippen LogP contribution is -2.53. The molecule has 116 valence electrons. The first-order chi connectivity index (χ1) is 10.2. The van der Waals surface area contributed by atoms with Gasteiger partial charge in [0, 0.05) is 19.1 Å². The molecule has 5 heteroatoms. The molecule has 2 atom stereocenters. The number of anilines is 1. The lowest BCUT2D eigenvalue weighted by atomic mass is 9.90. The van der Waals surface area contributed by atoms with E-state index in [0.717, 1.165) is 31.2 Å². The molecule has 3 rings (SSSR count). The summed E-state index contributed by atoms with van der Waals surface area (Å²) in [6.45, 7) is 6.79. The van der Waals surface area contributed by atoms with E-state index >= 15 is 0 Å². The van der Waals surface area contributed by atoms with Gasteiger partial charge in [0.2, 0.25) is 0 Å². The summed E-state index contributed by atoms with van der Waals surface area (Å²) in [5, 5.41) is 12.2. The zero-order valence-corrected chi connectivity index (χ0v) is 13.1. The van der Waals surface area contributed by atoms with Crippen molar-refractivity contribution in [1.82, 2.24) is 15.5 Å². The van der Waals surface area contributed by atoms with Crippen LogP contribution in [0, 0.1) is 0 Å². The van der Waals surface area contributed by atoms with E-state index in [9.17, 15) is 0 Å². The molecule has 0 radical (unpaired) electrons. The number of nitrogens with one attached hydrogen (secondary N) is 1. The minimum atomic E-state index is 0.386. The number of rotatable bonds is 4. The van der Waals surface area contributed by atoms with E-state index in [4.69, 9.17) is 4.74 Å². The number of morpholine rings is 1. The molecule has 1 saturated heterocycles. The van der Waals surface area contributed by atoms with Crippen LogP contribution in [0.1, 0.15) is 45.2 Å². The number of nitrogens with zero attached hydrogens (tertiary/aromatic N) is 3. The Morgan fingerprint density at radius 3 is 2.90 bits per heavy atom. The van der Waals surface area contributed by atoms with Crippen LogP contribution in [0.2, 0.25) is 0 Å². The summed E-state index contributed by atoms with van der Waals surface area (Å²) in [4.78, 5) is 2.40. The molecule has 2 heterocycles. The van der Waals surface area contributed by atoms with Crippen LogP contribution in [0.3, 0.4) is 0 Å². The Morgan fingerprint density at radius 1 is 1.29 bits per heavy atom. The van der Waals surface area contributed by atoms with Crippen LogP contribution < -0.4 is 10.2 Å². The van der Waals surface area contributed by atoms with E-state index in [1.54, 1.807) is 0 Å². The lowest BCUT2D eigenvalue weighted by molar-refractivity contribution is -0.00905. The van der Waals surface area contributed by atoms with Gasteiger partial charge < -0.3 is 15.0 Å². The number of hydrogen-bond acceptors (Lipinski definition) is 5. The minimum absolute atomic E-state index is 0.386. The summed E-state index contributed by atoms with van der Waals surface area (Å²) in [5.41, 5.74) is 1.00. The molecular formula is C16H26N4O. The third-order valence-electron chi connectivity index (χ3n) is 4.42. The van der Waals surface area contributed by atoms with Crippen LogP contribution in [0.5, 0.6) is 0 Å². The van der Waals surface area contributed by atoms with E-state index in [-0.39, 0.29) is 0 Å². The molecule has 2 unspecified atom stereocenters. The molecule has 5 nitrogen and oxygen atoms in total. The molecule has 1 aliphatic heterocycles. The standard InChI is InChI=1S/C16H26N4O/c1-12(2)17-11-13-7-8-16(19-18-13)20-9-10-21-15-6-4-3-5-14(15)20/h7-8,12,14-15,17H,3-6,9-11H2,1-2H3. The fourth-order valence-corrected chi connectivity index (χ4v) is 3.29. The minimum Gasteiger partial charge on any atom is -0.374 e. The third-order valence-corrected chi connectivity index (χ3v) is 4.42. The molecule has 0 aromatic carbocycles. The Balaban J connectivity index is 1.67. The number of fused-ring (bicyclic) bond motifs is 1.